The van der Waals surface area contributed by atoms with Gasteiger partial charge in [0.2, 0.25) is 0 Å². The first kappa shape index (κ1) is 24.5. The molecule has 1 aliphatic rings. The Morgan fingerprint density at radius 3 is 2.11 bits per heavy atom. The second kappa shape index (κ2) is 9.38. The molecule has 186 valence electrons. The summed E-state index contributed by atoms with van der Waals surface area (Å²) in [6, 6.07) is 30.5. The summed E-state index contributed by atoms with van der Waals surface area (Å²) in [4.78, 5) is 4.62. The van der Waals surface area contributed by atoms with Gasteiger partial charge in [-0.3, -0.25) is 0 Å². The smallest absolute Gasteiger partial charge is 0.261 e. The van der Waals surface area contributed by atoms with Crippen LogP contribution in [0.25, 0.3) is 0 Å². The van der Waals surface area contributed by atoms with Crippen LogP contribution in [-0.2, 0) is 11.0 Å². The number of nitrogens with zero attached hydrogens (tertiary/aromatic N) is 2. The summed E-state index contributed by atoms with van der Waals surface area (Å²) in [6.45, 7) is 13.0. The van der Waals surface area contributed by atoms with Crippen molar-refractivity contribution >= 4 is 24.4 Å². The van der Waals surface area contributed by atoms with Gasteiger partial charge in [0.15, 0.2) is 0 Å². The van der Waals surface area contributed by atoms with E-state index in [2.05, 4.69) is 134 Å². The van der Waals surface area contributed by atoms with Crippen molar-refractivity contribution in [2.45, 2.75) is 52.3 Å². The van der Waals surface area contributed by atoms with Crippen LogP contribution in [0.3, 0.4) is 0 Å². The molecule has 0 spiro atoms. The number of rotatable bonds is 6. The molecule has 0 fully saturated rings. The number of hydrogen-bond donors (Lipinski definition) is 1. The largest absolute Gasteiger partial charge is 0.402 e. The number of aromatic nitrogens is 2. The Balaban J connectivity index is 1.58. The van der Waals surface area contributed by atoms with E-state index in [1.165, 1.54) is 21.6 Å². The first-order valence-corrected chi connectivity index (χ1v) is 14.7. The van der Waals surface area contributed by atoms with E-state index in [4.69, 9.17) is 4.43 Å². The van der Waals surface area contributed by atoms with Crippen LogP contribution in [0.2, 0.25) is 5.04 Å². The van der Waals surface area contributed by atoms with Crippen LogP contribution < -0.4 is 15.7 Å². The Kier molecular flexibility index (Phi) is 6.39. The van der Waals surface area contributed by atoms with Gasteiger partial charge in [0.05, 0.1) is 30.9 Å². The fraction of sp³-hybridized carbons (Fsp3) is 0.323. The standard InChI is InChI=1S/C31H37N3OSi/c1-30(2,3)36(25-14-8-6-9-15-25,26-16-10-7-11-17-26)35-21-24-20-32-23-34(24)29-27-18-12-13-19-28(27)33-22-31(29,4)5/h6-20,23,29,33H,21-22H2,1-5H3. The highest BCUT2D eigenvalue weighted by Gasteiger charge is 2.50. The monoisotopic (exact) mass is 495 g/mol. The number of benzene rings is 3. The van der Waals surface area contributed by atoms with Gasteiger partial charge in [-0.15, -0.1) is 0 Å². The zero-order valence-electron chi connectivity index (χ0n) is 22.0. The molecule has 1 unspecified atom stereocenters. The van der Waals surface area contributed by atoms with Gasteiger partial charge in [0.1, 0.15) is 0 Å². The number of imidazole rings is 1. The highest BCUT2D eigenvalue weighted by atomic mass is 28.4. The van der Waals surface area contributed by atoms with Gasteiger partial charge in [0.25, 0.3) is 8.32 Å². The van der Waals surface area contributed by atoms with Crippen molar-refractivity contribution in [1.82, 2.24) is 9.55 Å². The predicted molar refractivity (Wildman–Crippen MR) is 151 cm³/mol. The maximum absolute atomic E-state index is 7.26. The summed E-state index contributed by atoms with van der Waals surface area (Å²) in [5, 5.41) is 6.14. The van der Waals surface area contributed by atoms with E-state index < -0.39 is 8.32 Å². The van der Waals surface area contributed by atoms with Crippen molar-refractivity contribution in [3.05, 3.63) is 109 Å². The molecule has 4 nitrogen and oxygen atoms in total. The van der Waals surface area contributed by atoms with Gasteiger partial charge >= 0.3 is 0 Å². The van der Waals surface area contributed by atoms with Crippen LogP contribution in [0.1, 0.15) is 51.9 Å². The zero-order valence-corrected chi connectivity index (χ0v) is 23.0. The molecule has 2 heterocycles. The van der Waals surface area contributed by atoms with Crippen molar-refractivity contribution in [3.63, 3.8) is 0 Å². The fourth-order valence-corrected chi connectivity index (χ4v) is 10.4. The van der Waals surface area contributed by atoms with E-state index >= 15 is 0 Å². The molecule has 3 aromatic carbocycles. The molecule has 0 saturated heterocycles. The minimum absolute atomic E-state index is 0.0151. The van der Waals surface area contributed by atoms with Crippen LogP contribution in [0.5, 0.6) is 0 Å². The third kappa shape index (κ3) is 4.20. The van der Waals surface area contributed by atoms with Crippen LogP contribution in [-0.4, -0.2) is 24.4 Å². The third-order valence-electron chi connectivity index (χ3n) is 7.61. The number of anilines is 1. The van der Waals surface area contributed by atoms with Crippen LogP contribution in [0.15, 0.2) is 97.5 Å². The summed E-state index contributed by atoms with van der Waals surface area (Å²) < 4.78 is 9.61. The molecule has 0 amide bonds. The quantitative estimate of drug-likeness (QED) is 0.334. The molecule has 36 heavy (non-hydrogen) atoms. The first-order valence-electron chi connectivity index (χ1n) is 12.8. The molecule has 5 rings (SSSR count). The molecule has 4 aromatic rings. The lowest BCUT2D eigenvalue weighted by molar-refractivity contribution is 0.233. The maximum Gasteiger partial charge on any atom is 0.261 e. The number of para-hydroxylation sites is 1. The highest BCUT2D eigenvalue weighted by Crippen LogP contribution is 2.44. The van der Waals surface area contributed by atoms with E-state index in [1.807, 2.05) is 12.5 Å². The molecule has 1 aliphatic heterocycles. The second-order valence-electron chi connectivity index (χ2n) is 11.6. The summed E-state index contributed by atoms with van der Waals surface area (Å²) >= 11 is 0. The topological polar surface area (TPSA) is 39.1 Å². The average Bonchev–Trinajstić information content (AvgIpc) is 3.32. The SMILES string of the molecule is CC1(C)CNc2ccccc2C1n1cncc1CO[Si](c1ccccc1)(c1ccccc1)C(C)(C)C. The predicted octanol–water partition coefficient (Wildman–Crippen LogP) is 6.00. The number of fused-ring (bicyclic) bond motifs is 1. The van der Waals surface area contributed by atoms with Gasteiger partial charge in [-0.05, 0) is 27.0 Å². The molecule has 1 N–H and O–H groups in total. The van der Waals surface area contributed by atoms with Crippen molar-refractivity contribution < 1.29 is 4.43 Å². The van der Waals surface area contributed by atoms with Crippen LogP contribution in [0, 0.1) is 5.41 Å². The number of hydrogen-bond acceptors (Lipinski definition) is 3. The lowest BCUT2D eigenvalue weighted by atomic mass is 9.77. The molecule has 0 aliphatic carbocycles. The minimum Gasteiger partial charge on any atom is -0.402 e. The first-order chi connectivity index (χ1) is 17.2. The Morgan fingerprint density at radius 2 is 1.50 bits per heavy atom. The Morgan fingerprint density at radius 1 is 0.917 bits per heavy atom. The van der Waals surface area contributed by atoms with E-state index in [-0.39, 0.29) is 16.5 Å². The lowest BCUT2D eigenvalue weighted by Gasteiger charge is -2.44. The molecule has 0 bridgehead atoms. The summed E-state index contributed by atoms with van der Waals surface area (Å²) in [5.41, 5.74) is 3.63. The van der Waals surface area contributed by atoms with Gasteiger partial charge in [-0.2, -0.15) is 0 Å². The molecule has 0 radical (unpaired) electrons. The fourth-order valence-electron chi connectivity index (χ4n) is 5.88. The normalized spacial score (nSPS) is 17.3. The van der Waals surface area contributed by atoms with E-state index in [0.29, 0.717) is 6.61 Å². The van der Waals surface area contributed by atoms with Crippen molar-refractivity contribution in [3.8, 4) is 0 Å². The molecule has 0 saturated carbocycles. The van der Waals surface area contributed by atoms with E-state index in [1.54, 1.807) is 0 Å². The summed E-state index contributed by atoms with van der Waals surface area (Å²) in [5.74, 6) is 0. The van der Waals surface area contributed by atoms with E-state index in [9.17, 15) is 0 Å². The molecule has 1 atom stereocenters. The minimum atomic E-state index is -2.64. The van der Waals surface area contributed by atoms with Crippen molar-refractivity contribution in [1.29, 1.82) is 0 Å². The van der Waals surface area contributed by atoms with Gasteiger partial charge < -0.3 is 14.3 Å². The van der Waals surface area contributed by atoms with Crippen LogP contribution >= 0.6 is 0 Å². The Labute approximate surface area is 216 Å². The van der Waals surface area contributed by atoms with E-state index in [0.717, 1.165) is 12.2 Å². The zero-order chi connectivity index (χ0) is 25.4. The van der Waals surface area contributed by atoms with Gasteiger partial charge in [-0.25, -0.2) is 4.98 Å². The Bertz CT molecular complexity index is 1270. The maximum atomic E-state index is 7.26. The van der Waals surface area contributed by atoms with Crippen molar-refractivity contribution in [2.75, 3.05) is 11.9 Å². The molecular weight excluding hydrogens is 458 g/mol. The van der Waals surface area contributed by atoms with Crippen molar-refractivity contribution in [2.24, 2.45) is 5.41 Å². The Hall–Kier alpha value is -3.15. The van der Waals surface area contributed by atoms with Crippen LogP contribution in [0.4, 0.5) is 5.69 Å². The third-order valence-corrected chi connectivity index (χ3v) is 12.6. The average molecular weight is 496 g/mol. The lowest BCUT2D eigenvalue weighted by Crippen LogP contribution is -2.66. The summed E-state index contributed by atoms with van der Waals surface area (Å²) in [7, 11) is -2.64. The summed E-state index contributed by atoms with van der Waals surface area (Å²) in [6.07, 6.45) is 3.97. The molecule has 1 aromatic heterocycles. The molecule has 5 heteroatoms. The second-order valence-corrected chi connectivity index (χ2v) is 15.9. The molecular formula is C31H37N3OSi. The highest BCUT2D eigenvalue weighted by molar-refractivity contribution is 6.99. The number of nitrogens with one attached hydrogen (secondary N) is 1. The van der Waals surface area contributed by atoms with Gasteiger partial charge in [-0.1, -0.05) is 113 Å². The van der Waals surface area contributed by atoms with Gasteiger partial charge in [0, 0.05) is 17.6 Å².